The van der Waals surface area contributed by atoms with Gasteiger partial charge in [0.05, 0.1) is 34.1 Å². The van der Waals surface area contributed by atoms with Crippen LogP contribution in [0.25, 0.3) is 6.08 Å². The van der Waals surface area contributed by atoms with Crippen molar-refractivity contribution in [3.63, 3.8) is 0 Å². The van der Waals surface area contributed by atoms with Crippen LogP contribution in [0.2, 0.25) is 0 Å². The smallest absolute Gasteiger partial charge is 0.203 e. The highest BCUT2D eigenvalue weighted by molar-refractivity contribution is 6.11. The standard InChI is InChI=1S/C20H23NO5/c1-12(18(22)13-6-8-16(23-2)15(21)11-13)10-14-7-9-17(24-3)20(26-5)19(14)25-4/h6-11H,21H2,1-5H3/b12-10+. The molecule has 0 amide bonds. The summed E-state index contributed by atoms with van der Waals surface area (Å²) in [6.07, 6.45) is 1.74. The second-order valence-electron chi connectivity index (χ2n) is 5.54. The van der Waals surface area contributed by atoms with Crippen molar-refractivity contribution in [1.82, 2.24) is 0 Å². The molecule has 26 heavy (non-hydrogen) atoms. The van der Waals surface area contributed by atoms with Crippen molar-refractivity contribution in [2.45, 2.75) is 6.92 Å². The van der Waals surface area contributed by atoms with E-state index in [-0.39, 0.29) is 5.78 Å². The molecule has 0 bridgehead atoms. The summed E-state index contributed by atoms with van der Waals surface area (Å²) in [5.74, 6) is 1.90. The molecule has 138 valence electrons. The van der Waals surface area contributed by atoms with E-state index in [9.17, 15) is 4.79 Å². The van der Waals surface area contributed by atoms with Crippen LogP contribution >= 0.6 is 0 Å². The Kier molecular flexibility index (Phi) is 6.11. The van der Waals surface area contributed by atoms with Gasteiger partial charge in [-0.2, -0.15) is 0 Å². The minimum absolute atomic E-state index is 0.142. The number of Topliss-reactive ketones (excluding diaryl/α,β-unsaturated/α-hetero) is 1. The lowest BCUT2D eigenvalue weighted by Crippen LogP contribution is -2.03. The maximum atomic E-state index is 12.7. The minimum atomic E-state index is -0.142. The number of nitrogens with two attached hydrogens (primary N) is 1. The molecule has 0 unspecified atom stereocenters. The molecule has 0 saturated carbocycles. The number of carbonyl (C=O) groups excluding carboxylic acids is 1. The number of anilines is 1. The van der Waals surface area contributed by atoms with Gasteiger partial charge >= 0.3 is 0 Å². The van der Waals surface area contributed by atoms with Gasteiger partial charge in [-0.1, -0.05) is 0 Å². The Morgan fingerprint density at radius 1 is 0.885 bits per heavy atom. The van der Waals surface area contributed by atoms with Crippen LogP contribution in [0.1, 0.15) is 22.8 Å². The van der Waals surface area contributed by atoms with Crippen LogP contribution in [-0.4, -0.2) is 34.2 Å². The molecular formula is C20H23NO5. The Balaban J connectivity index is 2.43. The van der Waals surface area contributed by atoms with Crippen molar-refractivity contribution in [2.75, 3.05) is 34.2 Å². The van der Waals surface area contributed by atoms with Crippen molar-refractivity contribution in [2.24, 2.45) is 0 Å². The van der Waals surface area contributed by atoms with Gasteiger partial charge in [-0.05, 0) is 48.9 Å². The van der Waals surface area contributed by atoms with E-state index in [2.05, 4.69) is 0 Å². The van der Waals surface area contributed by atoms with Crippen molar-refractivity contribution in [3.05, 3.63) is 47.0 Å². The number of rotatable bonds is 7. The zero-order chi connectivity index (χ0) is 19.3. The molecule has 6 nitrogen and oxygen atoms in total. The number of hydrogen-bond acceptors (Lipinski definition) is 6. The number of carbonyl (C=O) groups is 1. The number of methoxy groups -OCH3 is 4. The van der Waals surface area contributed by atoms with Crippen molar-refractivity contribution < 1.29 is 23.7 Å². The van der Waals surface area contributed by atoms with E-state index < -0.39 is 0 Å². The molecule has 0 saturated heterocycles. The Labute approximate surface area is 153 Å². The molecule has 6 heteroatoms. The van der Waals surface area contributed by atoms with E-state index in [1.807, 2.05) is 0 Å². The normalized spacial score (nSPS) is 11.0. The summed E-state index contributed by atoms with van der Waals surface area (Å²) in [6, 6.07) is 8.52. The van der Waals surface area contributed by atoms with Crippen LogP contribution in [0.3, 0.4) is 0 Å². The first-order valence-corrected chi connectivity index (χ1v) is 7.92. The van der Waals surface area contributed by atoms with E-state index in [4.69, 9.17) is 24.7 Å². The number of ketones is 1. The van der Waals surface area contributed by atoms with Gasteiger partial charge < -0.3 is 24.7 Å². The van der Waals surface area contributed by atoms with E-state index >= 15 is 0 Å². The van der Waals surface area contributed by atoms with Crippen molar-refractivity contribution >= 4 is 17.5 Å². The Hall–Kier alpha value is -3.15. The second-order valence-corrected chi connectivity index (χ2v) is 5.54. The predicted molar refractivity (Wildman–Crippen MR) is 101 cm³/mol. The highest BCUT2D eigenvalue weighted by atomic mass is 16.5. The SMILES string of the molecule is COc1ccc(C(=O)/C(C)=C/c2ccc(OC)c(OC)c2OC)cc1N. The third-order valence-corrected chi connectivity index (χ3v) is 3.96. The Morgan fingerprint density at radius 2 is 1.50 bits per heavy atom. The van der Waals surface area contributed by atoms with Gasteiger partial charge in [0, 0.05) is 11.1 Å². The lowest BCUT2D eigenvalue weighted by molar-refractivity contribution is 0.103. The number of allylic oxidation sites excluding steroid dienone is 1. The summed E-state index contributed by atoms with van der Waals surface area (Å²) < 4.78 is 21.2. The van der Waals surface area contributed by atoms with Gasteiger partial charge in [0.2, 0.25) is 5.75 Å². The maximum Gasteiger partial charge on any atom is 0.203 e. The molecule has 2 rings (SSSR count). The topological polar surface area (TPSA) is 80.0 Å². The van der Waals surface area contributed by atoms with E-state index in [0.717, 1.165) is 0 Å². The van der Waals surface area contributed by atoms with Gasteiger partial charge in [-0.15, -0.1) is 0 Å². The third kappa shape index (κ3) is 3.74. The zero-order valence-electron chi connectivity index (χ0n) is 15.6. The predicted octanol–water partition coefficient (Wildman–Crippen LogP) is 3.59. The number of nitrogen functional groups attached to an aromatic ring is 1. The lowest BCUT2D eigenvalue weighted by atomic mass is 10.0. The average Bonchev–Trinajstić information content (AvgIpc) is 2.66. The molecule has 0 aliphatic rings. The fraction of sp³-hybridized carbons (Fsp3) is 0.250. The summed E-state index contributed by atoms with van der Waals surface area (Å²) in [7, 11) is 6.15. The van der Waals surface area contributed by atoms with Gasteiger partial charge in [-0.3, -0.25) is 4.79 Å². The van der Waals surface area contributed by atoms with Crippen LogP contribution < -0.4 is 24.7 Å². The third-order valence-electron chi connectivity index (χ3n) is 3.96. The van der Waals surface area contributed by atoms with Crippen molar-refractivity contribution in [3.8, 4) is 23.0 Å². The summed E-state index contributed by atoms with van der Waals surface area (Å²) in [6.45, 7) is 1.74. The van der Waals surface area contributed by atoms with Gasteiger partial charge in [0.1, 0.15) is 5.75 Å². The molecule has 0 aliphatic carbocycles. The van der Waals surface area contributed by atoms with Crippen LogP contribution in [0.5, 0.6) is 23.0 Å². The molecule has 2 N–H and O–H groups in total. The largest absolute Gasteiger partial charge is 0.495 e. The monoisotopic (exact) mass is 357 g/mol. The van der Waals surface area contributed by atoms with E-state index in [0.29, 0.717) is 45.4 Å². The van der Waals surface area contributed by atoms with Crippen molar-refractivity contribution in [1.29, 1.82) is 0 Å². The molecule has 0 spiro atoms. The molecule has 0 aromatic heterocycles. The van der Waals surface area contributed by atoms with Gasteiger partial charge in [-0.25, -0.2) is 0 Å². The van der Waals surface area contributed by atoms with E-state index in [1.54, 1.807) is 50.4 Å². The fourth-order valence-corrected chi connectivity index (χ4v) is 2.64. The summed E-state index contributed by atoms with van der Waals surface area (Å²) in [5.41, 5.74) is 8.02. The van der Waals surface area contributed by atoms with E-state index in [1.165, 1.54) is 21.3 Å². The van der Waals surface area contributed by atoms with Crippen LogP contribution in [0.4, 0.5) is 5.69 Å². The highest BCUT2D eigenvalue weighted by Crippen LogP contribution is 2.40. The molecule has 2 aromatic carbocycles. The van der Waals surface area contributed by atoms with Gasteiger partial charge in [0.15, 0.2) is 17.3 Å². The minimum Gasteiger partial charge on any atom is -0.495 e. The average molecular weight is 357 g/mol. The van der Waals surface area contributed by atoms with Crippen LogP contribution in [0.15, 0.2) is 35.9 Å². The molecule has 0 fully saturated rings. The number of benzene rings is 2. The summed E-state index contributed by atoms with van der Waals surface area (Å²) in [5, 5.41) is 0. The zero-order valence-corrected chi connectivity index (χ0v) is 15.6. The molecule has 2 aromatic rings. The molecule has 0 radical (unpaired) electrons. The first-order chi connectivity index (χ1) is 12.5. The second kappa shape index (κ2) is 8.29. The lowest BCUT2D eigenvalue weighted by Gasteiger charge is -2.14. The fourth-order valence-electron chi connectivity index (χ4n) is 2.64. The van der Waals surface area contributed by atoms with Crippen LogP contribution in [0, 0.1) is 0 Å². The summed E-state index contributed by atoms with van der Waals surface area (Å²) >= 11 is 0. The van der Waals surface area contributed by atoms with Crippen LogP contribution in [-0.2, 0) is 0 Å². The first kappa shape index (κ1) is 19.2. The number of hydrogen-bond donors (Lipinski definition) is 1. The number of ether oxygens (including phenoxy) is 4. The first-order valence-electron chi connectivity index (χ1n) is 7.92. The maximum absolute atomic E-state index is 12.7. The Morgan fingerprint density at radius 3 is 2.04 bits per heavy atom. The molecular weight excluding hydrogens is 334 g/mol. The Bertz CT molecular complexity index is 842. The highest BCUT2D eigenvalue weighted by Gasteiger charge is 2.16. The molecule has 0 atom stereocenters. The molecule has 0 aliphatic heterocycles. The molecule has 0 heterocycles. The quantitative estimate of drug-likeness (QED) is 0.463. The summed E-state index contributed by atoms with van der Waals surface area (Å²) in [4.78, 5) is 12.7. The van der Waals surface area contributed by atoms with Gasteiger partial charge in [0.25, 0.3) is 0 Å².